The van der Waals surface area contributed by atoms with Gasteiger partial charge in [0, 0.05) is 36.7 Å². The van der Waals surface area contributed by atoms with Crippen molar-refractivity contribution in [2.45, 2.75) is 139 Å². The standard InChI is InChI=1S/C55H66N4O7S/c1-37-18-29-46(30-19-37)67(63,64)58-48(32-38-12-6-5-7-13-38)52(61)56-34-44-15-8-10-16-47(44)40-24-26-43(27-25-40)54-65-45(33-51(66-54)42-22-20-39(36-60)21-23-42)35-59-49-17-11-9-14-41(49)28-31-50(59)53(62)57-55(2,3)4/h5-8,10,12-13,15-16,18-27,29-30,41,45,48-51,54,58,60H,9,11,14,17,28,31-36H2,1-4H3,(H,56,61)(H,57,62)/t41-,45-,48-,49-,50-,51+,54+/m1/s1. The highest BCUT2D eigenvalue weighted by molar-refractivity contribution is 7.89. The maximum absolute atomic E-state index is 13.9. The number of hydrogen-bond donors (Lipinski definition) is 4. The Kier molecular flexibility index (Phi) is 15.4. The van der Waals surface area contributed by atoms with Crippen LogP contribution >= 0.6 is 0 Å². The number of aliphatic hydroxyl groups excluding tert-OH is 1. The molecule has 0 aromatic heterocycles. The summed E-state index contributed by atoms with van der Waals surface area (Å²) in [5.74, 6) is 0.221. The molecule has 5 aromatic carbocycles. The van der Waals surface area contributed by atoms with Gasteiger partial charge in [0.1, 0.15) is 6.04 Å². The third-order valence-electron chi connectivity index (χ3n) is 13.5. The van der Waals surface area contributed by atoms with Gasteiger partial charge in [0.15, 0.2) is 6.29 Å². The van der Waals surface area contributed by atoms with E-state index in [2.05, 4.69) is 20.3 Å². The Labute approximate surface area is 396 Å². The monoisotopic (exact) mass is 926 g/mol. The van der Waals surface area contributed by atoms with Crippen LogP contribution in [0.2, 0.25) is 0 Å². The number of amides is 2. The minimum absolute atomic E-state index is 0.0393. The van der Waals surface area contributed by atoms with Crippen LogP contribution in [0.1, 0.15) is 111 Å². The summed E-state index contributed by atoms with van der Waals surface area (Å²) >= 11 is 0. The second-order valence-corrected chi connectivity index (χ2v) is 21.4. The van der Waals surface area contributed by atoms with Crippen molar-refractivity contribution in [3.05, 3.63) is 161 Å². The molecule has 11 nitrogen and oxygen atoms in total. The van der Waals surface area contributed by atoms with Crippen molar-refractivity contribution >= 4 is 21.8 Å². The van der Waals surface area contributed by atoms with E-state index in [0.29, 0.717) is 24.9 Å². The molecule has 2 amide bonds. The molecule has 0 spiro atoms. The Bertz CT molecular complexity index is 2550. The largest absolute Gasteiger partial charge is 0.392 e. The van der Waals surface area contributed by atoms with Gasteiger partial charge in [-0.05, 0) is 111 Å². The molecule has 3 fully saturated rings. The lowest BCUT2D eigenvalue weighted by atomic mass is 9.75. The number of likely N-dealkylation sites (tertiary alicyclic amines) is 1. The topological polar surface area (TPSA) is 146 Å². The fourth-order valence-corrected chi connectivity index (χ4v) is 11.3. The van der Waals surface area contributed by atoms with Crippen molar-refractivity contribution in [3.63, 3.8) is 0 Å². The van der Waals surface area contributed by atoms with E-state index in [1.807, 2.05) is 131 Å². The first kappa shape index (κ1) is 48.3. The van der Waals surface area contributed by atoms with Gasteiger partial charge in [0.25, 0.3) is 0 Å². The number of fused-ring (bicyclic) bond motifs is 1. The molecule has 354 valence electrons. The van der Waals surface area contributed by atoms with Gasteiger partial charge in [0.05, 0.1) is 29.8 Å². The smallest absolute Gasteiger partial charge is 0.241 e. The lowest BCUT2D eigenvalue weighted by Crippen LogP contribution is -2.61. The molecular weight excluding hydrogens is 861 g/mol. The van der Waals surface area contributed by atoms with E-state index in [9.17, 15) is 23.1 Å². The minimum Gasteiger partial charge on any atom is -0.392 e. The molecule has 3 aliphatic rings. The molecule has 8 rings (SSSR count). The van der Waals surface area contributed by atoms with Gasteiger partial charge in [-0.15, -0.1) is 0 Å². The van der Waals surface area contributed by atoms with Gasteiger partial charge in [0.2, 0.25) is 21.8 Å². The number of carbonyl (C=O) groups is 2. The predicted molar refractivity (Wildman–Crippen MR) is 261 cm³/mol. The highest BCUT2D eigenvalue weighted by Crippen LogP contribution is 2.42. The quantitative estimate of drug-likeness (QED) is 0.0815. The molecule has 2 heterocycles. The van der Waals surface area contributed by atoms with Crippen LogP contribution < -0.4 is 15.4 Å². The van der Waals surface area contributed by atoms with E-state index in [-0.39, 0.29) is 54.2 Å². The molecule has 0 radical (unpaired) electrons. The molecular formula is C55H66N4O7S. The third kappa shape index (κ3) is 12.3. The first-order valence-electron chi connectivity index (χ1n) is 23.9. The van der Waals surface area contributed by atoms with Crippen LogP contribution in [0.3, 0.4) is 0 Å². The second-order valence-electron chi connectivity index (χ2n) is 19.7. The summed E-state index contributed by atoms with van der Waals surface area (Å²) in [7, 11) is -4.00. The molecule has 2 saturated heterocycles. The highest BCUT2D eigenvalue weighted by atomic mass is 32.2. The molecule has 2 aliphatic heterocycles. The number of nitrogens with one attached hydrogen (secondary N) is 3. The Morgan fingerprint density at radius 3 is 2.18 bits per heavy atom. The molecule has 67 heavy (non-hydrogen) atoms. The zero-order valence-electron chi connectivity index (χ0n) is 39.2. The van der Waals surface area contributed by atoms with Gasteiger partial charge in [-0.25, -0.2) is 8.42 Å². The minimum atomic E-state index is -4.00. The predicted octanol–water partition coefficient (Wildman–Crippen LogP) is 8.84. The maximum atomic E-state index is 13.9. The fraction of sp³-hybridized carbons (Fsp3) is 0.418. The number of ether oxygens (including phenoxy) is 2. The van der Waals surface area contributed by atoms with Crippen LogP contribution in [0.15, 0.2) is 132 Å². The van der Waals surface area contributed by atoms with Gasteiger partial charge < -0.3 is 25.2 Å². The van der Waals surface area contributed by atoms with E-state index < -0.39 is 28.3 Å². The number of benzene rings is 5. The van der Waals surface area contributed by atoms with Gasteiger partial charge in [-0.3, -0.25) is 14.5 Å². The SMILES string of the molecule is Cc1ccc(S(=O)(=O)N[C@H](Cc2ccccc2)C(=O)NCc2ccccc2-c2ccc([C@H]3O[C@@H](CN4[C@@H](C(=O)NC(C)(C)C)CC[C@H]5CCCC[C@H]54)C[C@@H](c4ccc(CO)cc4)O3)cc2)cc1. The molecule has 5 aromatic rings. The number of sulfonamides is 1. The highest BCUT2D eigenvalue weighted by Gasteiger charge is 2.44. The van der Waals surface area contributed by atoms with E-state index in [0.717, 1.165) is 70.2 Å². The number of nitrogens with zero attached hydrogens (tertiary/aromatic N) is 1. The molecule has 0 unspecified atom stereocenters. The summed E-state index contributed by atoms with van der Waals surface area (Å²) in [6.45, 7) is 8.75. The average molecular weight is 927 g/mol. The van der Waals surface area contributed by atoms with Gasteiger partial charge in [-0.2, -0.15) is 4.72 Å². The van der Waals surface area contributed by atoms with Crippen molar-refractivity contribution < 1.29 is 32.6 Å². The first-order chi connectivity index (χ1) is 32.2. The Balaban J connectivity index is 1.01. The molecule has 7 atom stereocenters. The lowest BCUT2D eigenvalue weighted by Gasteiger charge is -2.50. The number of rotatable bonds is 15. The van der Waals surface area contributed by atoms with Crippen molar-refractivity contribution in [1.82, 2.24) is 20.3 Å². The first-order valence-corrected chi connectivity index (χ1v) is 25.4. The van der Waals surface area contributed by atoms with E-state index in [1.54, 1.807) is 24.3 Å². The van der Waals surface area contributed by atoms with Crippen LogP contribution in [0.25, 0.3) is 11.1 Å². The van der Waals surface area contributed by atoms with Crippen LogP contribution in [-0.4, -0.2) is 66.6 Å². The average Bonchev–Trinajstić information content (AvgIpc) is 3.33. The summed E-state index contributed by atoms with van der Waals surface area (Å²) in [4.78, 5) is 30.4. The zero-order valence-corrected chi connectivity index (χ0v) is 40.0. The van der Waals surface area contributed by atoms with Gasteiger partial charge >= 0.3 is 0 Å². The van der Waals surface area contributed by atoms with Crippen molar-refractivity contribution in [3.8, 4) is 11.1 Å². The fourth-order valence-electron chi connectivity index (χ4n) is 10.1. The van der Waals surface area contributed by atoms with Crippen LogP contribution in [0.4, 0.5) is 0 Å². The molecule has 0 bridgehead atoms. The number of aryl methyl sites for hydroxylation is 1. The summed E-state index contributed by atoms with van der Waals surface area (Å²) in [5, 5.41) is 16.1. The zero-order chi connectivity index (χ0) is 47.1. The number of piperidine rings is 1. The Morgan fingerprint density at radius 2 is 1.46 bits per heavy atom. The van der Waals surface area contributed by atoms with E-state index >= 15 is 0 Å². The van der Waals surface area contributed by atoms with Crippen LogP contribution in [0, 0.1) is 12.8 Å². The van der Waals surface area contributed by atoms with Crippen LogP contribution in [0.5, 0.6) is 0 Å². The van der Waals surface area contributed by atoms with Gasteiger partial charge in [-0.1, -0.05) is 134 Å². The van der Waals surface area contributed by atoms with Crippen LogP contribution in [-0.2, 0) is 48.7 Å². The second kappa shape index (κ2) is 21.4. The number of hydrogen-bond acceptors (Lipinski definition) is 8. The summed E-state index contributed by atoms with van der Waals surface area (Å²) < 4.78 is 43.4. The Morgan fingerprint density at radius 1 is 0.776 bits per heavy atom. The van der Waals surface area contributed by atoms with Crippen molar-refractivity contribution in [2.24, 2.45) is 5.92 Å². The van der Waals surface area contributed by atoms with Crippen molar-refractivity contribution in [1.29, 1.82) is 0 Å². The lowest BCUT2D eigenvalue weighted by molar-refractivity contribution is -0.255. The number of carbonyl (C=O) groups excluding carboxylic acids is 2. The third-order valence-corrected chi connectivity index (χ3v) is 15.0. The van der Waals surface area contributed by atoms with E-state index in [4.69, 9.17) is 9.47 Å². The summed E-state index contributed by atoms with van der Waals surface area (Å²) in [5.41, 5.74) is 6.85. The normalized spacial score (nSPS) is 22.9. The maximum Gasteiger partial charge on any atom is 0.241 e. The number of aliphatic hydroxyl groups is 1. The summed E-state index contributed by atoms with van der Waals surface area (Å²) in [6, 6.07) is 38.9. The molecule has 12 heteroatoms. The molecule has 1 saturated carbocycles. The van der Waals surface area contributed by atoms with Crippen molar-refractivity contribution in [2.75, 3.05) is 6.54 Å². The molecule has 1 aliphatic carbocycles. The Hall–Kier alpha value is -5.21. The molecule has 4 N–H and O–H groups in total. The summed E-state index contributed by atoms with van der Waals surface area (Å²) in [6.07, 6.45) is 6.18. The van der Waals surface area contributed by atoms with E-state index in [1.165, 1.54) is 12.8 Å².